The molecule has 9 heteroatoms. The van der Waals surface area contributed by atoms with Crippen LogP contribution in [0.5, 0.6) is 0 Å². The number of ether oxygens (including phenoxy) is 1. The van der Waals surface area contributed by atoms with E-state index in [1.807, 2.05) is 12.1 Å². The van der Waals surface area contributed by atoms with Gasteiger partial charge in [0.2, 0.25) is 5.91 Å². The molecule has 2 atom stereocenters. The lowest BCUT2D eigenvalue weighted by Gasteiger charge is -2.31. The van der Waals surface area contributed by atoms with Gasteiger partial charge < -0.3 is 20.3 Å². The van der Waals surface area contributed by atoms with Gasteiger partial charge >= 0.3 is 6.18 Å². The molecule has 2 N–H and O–H groups in total. The first-order chi connectivity index (χ1) is 14.6. The van der Waals surface area contributed by atoms with E-state index in [0.717, 1.165) is 12.0 Å². The fraction of sp³-hybridized carbons (Fsp3) is 0.636. The molecule has 1 amide bonds. The molecular weight excluding hydrogens is 409 g/mol. The molecule has 1 aliphatic carbocycles. The van der Waals surface area contributed by atoms with Gasteiger partial charge in [-0.05, 0) is 29.9 Å². The Balaban J connectivity index is 1.96. The summed E-state index contributed by atoms with van der Waals surface area (Å²) < 4.78 is 41.2. The SMILES string of the molecule is CC1CCCCC1NC(=NCc1ccc(COCC(F)(F)F)cc1)NCC(=O)N(C)C. The quantitative estimate of drug-likeness (QED) is 0.478. The van der Waals surface area contributed by atoms with E-state index >= 15 is 0 Å². The summed E-state index contributed by atoms with van der Waals surface area (Å²) in [5.74, 6) is 1.07. The van der Waals surface area contributed by atoms with Gasteiger partial charge in [-0.15, -0.1) is 0 Å². The Bertz CT molecular complexity index is 720. The highest BCUT2D eigenvalue weighted by Crippen LogP contribution is 2.23. The molecule has 0 aliphatic heterocycles. The molecule has 174 valence electrons. The number of aliphatic imine (C=N–C) groups is 1. The average Bonchev–Trinajstić information content (AvgIpc) is 2.71. The normalized spacial score (nSPS) is 19.7. The molecule has 2 rings (SSSR count). The number of benzene rings is 1. The summed E-state index contributed by atoms with van der Waals surface area (Å²) in [4.78, 5) is 18.1. The van der Waals surface area contributed by atoms with Gasteiger partial charge in [-0.1, -0.05) is 44.0 Å². The van der Waals surface area contributed by atoms with Crippen molar-refractivity contribution in [2.45, 2.75) is 58.0 Å². The van der Waals surface area contributed by atoms with Gasteiger partial charge in [0.15, 0.2) is 5.96 Å². The first-order valence-corrected chi connectivity index (χ1v) is 10.6. The second-order valence-electron chi connectivity index (χ2n) is 8.24. The number of alkyl halides is 3. The summed E-state index contributed by atoms with van der Waals surface area (Å²) in [5.41, 5.74) is 1.58. The monoisotopic (exact) mass is 442 g/mol. The van der Waals surface area contributed by atoms with Crippen LogP contribution in [0.4, 0.5) is 13.2 Å². The van der Waals surface area contributed by atoms with Crippen molar-refractivity contribution in [3.05, 3.63) is 35.4 Å². The molecule has 1 aromatic rings. The number of halogens is 3. The number of likely N-dealkylation sites (N-methyl/N-ethyl adjacent to an activating group) is 1. The van der Waals surface area contributed by atoms with Gasteiger partial charge in [-0.2, -0.15) is 13.2 Å². The van der Waals surface area contributed by atoms with Crippen LogP contribution in [0, 0.1) is 5.92 Å². The third-order valence-corrected chi connectivity index (χ3v) is 5.32. The standard InChI is InChI=1S/C22H33F3N4O2/c1-16-6-4-5-7-19(16)28-21(27-13-20(30)29(2)3)26-12-17-8-10-18(11-9-17)14-31-15-22(23,24)25/h8-11,16,19H,4-7,12-15H2,1-3H3,(H2,26,27,28). The molecule has 1 fully saturated rings. The number of carbonyl (C=O) groups is 1. The van der Waals surface area contributed by atoms with Crippen LogP contribution in [0.3, 0.4) is 0 Å². The van der Waals surface area contributed by atoms with E-state index in [0.29, 0.717) is 30.0 Å². The van der Waals surface area contributed by atoms with Gasteiger partial charge in [0, 0.05) is 20.1 Å². The fourth-order valence-electron chi connectivity index (χ4n) is 3.37. The van der Waals surface area contributed by atoms with Gasteiger partial charge in [-0.25, -0.2) is 4.99 Å². The Labute approximate surface area is 182 Å². The molecule has 6 nitrogen and oxygen atoms in total. The number of amides is 1. The minimum absolute atomic E-state index is 0.0468. The lowest BCUT2D eigenvalue weighted by atomic mass is 9.86. The molecule has 0 heterocycles. The fourth-order valence-corrected chi connectivity index (χ4v) is 3.37. The molecule has 1 aromatic carbocycles. The number of carbonyl (C=O) groups excluding carboxylic acids is 1. The maximum Gasteiger partial charge on any atom is 0.411 e. The van der Waals surface area contributed by atoms with E-state index < -0.39 is 12.8 Å². The van der Waals surface area contributed by atoms with Crippen LogP contribution < -0.4 is 10.6 Å². The highest BCUT2D eigenvalue weighted by molar-refractivity contribution is 5.86. The predicted molar refractivity (Wildman–Crippen MR) is 115 cm³/mol. The lowest BCUT2D eigenvalue weighted by Crippen LogP contribution is -2.49. The molecule has 1 aliphatic rings. The second-order valence-corrected chi connectivity index (χ2v) is 8.24. The maximum absolute atomic E-state index is 12.2. The van der Waals surface area contributed by atoms with Crippen LogP contribution in [0.15, 0.2) is 29.3 Å². The van der Waals surface area contributed by atoms with Crippen LogP contribution in [-0.2, 0) is 22.7 Å². The Kier molecular flexibility index (Phi) is 9.61. The highest BCUT2D eigenvalue weighted by atomic mass is 19.4. The zero-order valence-electron chi connectivity index (χ0n) is 18.5. The van der Waals surface area contributed by atoms with E-state index in [-0.39, 0.29) is 19.1 Å². The molecule has 0 saturated heterocycles. The molecule has 31 heavy (non-hydrogen) atoms. The largest absolute Gasteiger partial charge is 0.411 e. The van der Waals surface area contributed by atoms with Gasteiger partial charge in [0.05, 0.1) is 19.7 Å². The van der Waals surface area contributed by atoms with E-state index in [9.17, 15) is 18.0 Å². The van der Waals surface area contributed by atoms with Crippen LogP contribution in [0.2, 0.25) is 0 Å². The summed E-state index contributed by atoms with van der Waals surface area (Å²) in [6.45, 7) is 1.40. The number of nitrogens with one attached hydrogen (secondary N) is 2. The van der Waals surface area contributed by atoms with E-state index in [1.54, 1.807) is 26.2 Å². The van der Waals surface area contributed by atoms with Crippen molar-refractivity contribution in [3.8, 4) is 0 Å². The molecule has 0 spiro atoms. The number of nitrogens with zero attached hydrogens (tertiary/aromatic N) is 2. The van der Waals surface area contributed by atoms with Crippen molar-refractivity contribution < 1.29 is 22.7 Å². The number of guanidine groups is 1. The number of rotatable bonds is 8. The van der Waals surface area contributed by atoms with Crippen molar-refractivity contribution in [1.82, 2.24) is 15.5 Å². The Morgan fingerprint density at radius 2 is 1.81 bits per heavy atom. The average molecular weight is 443 g/mol. The van der Waals surface area contributed by atoms with Crippen molar-refractivity contribution in [1.29, 1.82) is 0 Å². The summed E-state index contributed by atoms with van der Waals surface area (Å²) in [6.07, 6.45) is 0.311. The molecule has 0 bridgehead atoms. The minimum atomic E-state index is -4.32. The minimum Gasteiger partial charge on any atom is -0.367 e. The van der Waals surface area contributed by atoms with E-state index in [2.05, 4.69) is 27.3 Å². The molecular formula is C22H33F3N4O2. The van der Waals surface area contributed by atoms with E-state index in [1.165, 1.54) is 24.2 Å². The van der Waals surface area contributed by atoms with Gasteiger partial charge in [0.25, 0.3) is 0 Å². The molecule has 0 aromatic heterocycles. The molecule has 1 saturated carbocycles. The third-order valence-electron chi connectivity index (χ3n) is 5.32. The first-order valence-electron chi connectivity index (χ1n) is 10.6. The zero-order chi connectivity index (χ0) is 22.9. The van der Waals surface area contributed by atoms with Gasteiger partial charge in [-0.3, -0.25) is 4.79 Å². The Morgan fingerprint density at radius 1 is 1.16 bits per heavy atom. The predicted octanol–water partition coefficient (Wildman–Crippen LogP) is 3.47. The van der Waals surface area contributed by atoms with E-state index in [4.69, 9.17) is 0 Å². The van der Waals surface area contributed by atoms with Crippen LogP contribution in [0.1, 0.15) is 43.7 Å². The number of hydrogen-bond donors (Lipinski definition) is 2. The van der Waals surface area contributed by atoms with Crippen molar-refractivity contribution >= 4 is 11.9 Å². The summed E-state index contributed by atoms with van der Waals surface area (Å²) in [5, 5.41) is 6.58. The second kappa shape index (κ2) is 11.9. The lowest BCUT2D eigenvalue weighted by molar-refractivity contribution is -0.176. The molecule has 2 unspecified atom stereocenters. The van der Waals surface area contributed by atoms with Gasteiger partial charge in [0.1, 0.15) is 6.61 Å². The number of hydrogen-bond acceptors (Lipinski definition) is 3. The first kappa shape index (κ1) is 25.0. The third kappa shape index (κ3) is 9.59. The van der Waals surface area contributed by atoms with Crippen molar-refractivity contribution in [2.75, 3.05) is 27.2 Å². The maximum atomic E-state index is 12.2. The van der Waals surface area contributed by atoms with Crippen molar-refractivity contribution in [2.24, 2.45) is 10.9 Å². The van der Waals surface area contributed by atoms with Crippen LogP contribution >= 0.6 is 0 Å². The zero-order valence-corrected chi connectivity index (χ0v) is 18.5. The summed E-state index contributed by atoms with van der Waals surface area (Å²) >= 11 is 0. The van der Waals surface area contributed by atoms with Crippen molar-refractivity contribution in [3.63, 3.8) is 0 Å². The van der Waals surface area contributed by atoms with Crippen LogP contribution in [-0.4, -0.2) is 56.2 Å². The van der Waals surface area contributed by atoms with Crippen LogP contribution in [0.25, 0.3) is 0 Å². The Morgan fingerprint density at radius 3 is 2.42 bits per heavy atom. The highest BCUT2D eigenvalue weighted by Gasteiger charge is 2.27. The summed E-state index contributed by atoms with van der Waals surface area (Å²) in [6, 6.07) is 7.42. The Hall–Kier alpha value is -2.29. The topological polar surface area (TPSA) is 66.0 Å². The smallest absolute Gasteiger partial charge is 0.367 e. The molecule has 0 radical (unpaired) electrons. The summed E-state index contributed by atoms with van der Waals surface area (Å²) in [7, 11) is 3.41.